The highest BCUT2D eigenvalue weighted by Crippen LogP contribution is 2.37. The third-order valence-electron chi connectivity index (χ3n) is 2.99. The molecule has 1 aromatic heterocycles. The molecule has 2 aromatic rings. The van der Waals surface area contributed by atoms with Crippen LogP contribution in [0.15, 0.2) is 35.6 Å². The number of carbonyl (C=O) groups excluding carboxylic acids is 1. The Bertz CT molecular complexity index is 795. The monoisotopic (exact) mass is 401 g/mol. The zero-order chi connectivity index (χ0) is 17.1. The van der Waals surface area contributed by atoms with Crippen LogP contribution in [0.1, 0.15) is 11.1 Å². The number of halogens is 2. The van der Waals surface area contributed by atoms with Crippen molar-refractivity contribution in [1.29, 1.82) is 0 Å². The van der Waals surface area contributed by atoms with Crippen LogP contribution in [0.2, 0.25) is 10.0 Å². The number of thioether (sulfide) groups is 2. The summed E-state index contributed by atoms with van der Waals surface area (Å²) in [5, 5.41) is 12.4. The van der Waals surface area contributed by atoms with Crippen molar-refractivity contribution in [2.24, 2.45) is 12.1 Å². The molecule has 1 atom stereocenters. The molecule has 2 heterocycles. The van der Waals surface area contributed by atoms with E-state index in [-0.39, 0.29) is 17.0 Å². The topological polar surface area (TPSA) is 71.3 Å². The lowest BCUT2D eigenvalue weighted by molar-refractivity contribution is -0.113. The molecule has 0 saturated carbocycles. The number of rotatable bonds is 4. The second-order valence-electron chi connectivity index (χ2n) is 4.89. The van der Waals surface area contributed by atoms with Gasteiger partial charge in [0.15, 0.2) is 4.38 Å². The first-order valence-electron chi connectivity index (χ1n) is 6.88. The van der Waals surface area contributed by atoms with Crippen LogP contribution >= 0.6 is 46.7 Å². The van der Waals surface area contributed by atoms with E-state index in [1.165, 1.54) is 23.5 Å². The standard InChI is InChI=1S/C14H13Cl2N5OS2/c1-21-6-10(16)12(20-21)13-18-19-14(24-13)23-7-11(22)17-9-4-2-3-8(15)5-9/h2-6,13,18H,7H2,1H3,(H,17,22). The van der Waals surface area contributed by atoms with Gasteiger partial charge in [-0.15, -0.1) is 0 Å². The van der Waals surface area contributed by atoms with Gasteiger partial charge in [0.2, 0.25) is 5.91 Å². The van der Waals surface area contributed by atoms with Crippen molar-refractivity contribution in [2.75, 3.05) is 11.1 Å². The molecule has 0 aliphatic carbocycles. The Morgan fingerprint density at radius 1 is 1.50 bits per heavy atom. The third-order valence-corrected chi connectivity index (χ3v) is 5.76. The van der Waals surface area contributed by atoms with Crippen LogP contribution in [0.3, 0.4) is 0 Å². The minimum absolute atomic E-state index is 0.120. The smallest absolute Gasteiger partial charge is 0.234 e. The van der Waals surface area contributed by atoms with Crippen LogP contribution in [-0.4, -0.2) is 25.8 Å². The molecular formula is C14H13Cl2N5OS2. The summed E-state index contributed by atoms with van der Waals surface area (Å²) < 4.78 is 2.42. The highest BCUT2D eigenvalue weighted by molar-refractivity contribution is 8.39. The summed E-state index contributed by atoms with van der Waals surface area (Å²) in [6.45, 7) is 0. The van der Waals surface area contributed by atoms with Gasteiger partial charge < -0.3 is 5.32 Å². The number of hydrogen-bond acceptors (Lipinski definition) is 6. The molecule has 126 valence electrons. The molecule has 0 fully saturated rings. The zero-order valence-corrected chi connectivity index (χ0v) is 15.6. The highest BCUT2D eigenvalue weighted by atomic mass is 35.5. The summed E-state index contributed by atoms with van der Waals surface area (Å²) >= 11 is 14.9. The number of amides is 1. The molecule has 2 N–H and O–H groups in total. The number of benzene rings is 1. The van der Waals surface area contributed by atoms with E-state index in [2.05, 4.69) is 20.9 Å². The molecule has 1 aliphatic heterocycles. The van der Waals surface area contributed by atoms with E-state index in [0.717, 1.165) is 10.1 Å². The zero-order valence-electron chi connectivity index (χ0n) is 12.5. The largest absolute Gasteiger partial charge is 0.325 e. The number of nitrogens with one attached hydrogen (secondary N) is 2. The van der Waals surface area contributed by atoms with Crippen LogP contribution < -0.4 is 10.7 Å². The molecule has 24 heavy (non-hydrogen) atoms. The van der Waals surface area contributed by atoms with Gasteiger partial charge in [0.25, 0.3) is 0 Å². The lowest BCUT2D eigenvalue weighted by Crippen LogP contribution is -2.14. The van der Waals surface area contributed by atoms with Crippen LogP contribution in [0.5, 0.6) is 0 Å². The Hall–Kier alpha value is -1.35. The maximum atomic E-state index is 12.0. The molecule has 0 bridgehead atoms. The van der Waals surface area contributed by atoms with Crippen molar-refractivity contribution >= 4 is 62.7 Å². The van der Waals surface area contributed by atoms with Gasteiger partial charge in [0.1, 0.15) is 11.1 Å². The summed E-state index contributed by atoms with van der Waals surface area (Å²) in [7, 11) is 1.81. The summed E-state index contributed by atoms with van der Waals surface area (Å²) in [6, 6.07) is 7.03. The summed E-state index contributed by atoms with van der Waals surface area (Å²) in [5.74, 6) is 0.132. The number of hydrazone groups is 1. The summed E-state index contributed by atoms with van der Waals surface area (Å²) in [5.41, 5.74) is 4.38. The van der Waals surface area contributed by atoms with Gasteiger partial charge in [-0.2, -0.15) is 10.2 Å². The molecule has 1 unspecified atom stereocenters. The predicted octanol–water partition coefficient (Wildman–Crippen LogP) is 3.70. The lowest BCUT2D eigenvalue weighted by atomic mass is 10.3. The van der Waals surface area contributed by atoms with Crippen molar-refractivity contribution in [3.63, 3.8) is 0 Å². The minimum atomic E-state index is -0.141. The molecule has 10 heteroatoms. The average molecular weight is 402 g/mol. The Morgan fingerprint density at radius 3 is 3.04 bits per heavy atom. The van der Waals surface area contributed by atoms with Gasteiger partial charge in [0.05, 0.1) is 10.8 Å². The molecule has 0 saturated heterocycles. The normalized spacial score (nSPS) is 16.6. The SMILES string of the molecule is Cn1cc(Cl)c(C2NN=C(SCC(=O)Nc3cccc(Cl)c3)S2)n1. The van der Waals surface area contributed by atoms with E-state index in [0.29, 0.717) is 15.7 Å². The molecule has 6 nitrogen and oxygen atoms in total. The van der Waals surface area contributed by atoms with Crippen LogP contribution in [0.4, 0.5) is 5.69 Å². The average Bonchev–Trinajstić information content (AvgIpc) is 3.11. The number of carbonyl (C=O) groups is 1. The van der Waals surface area contributed by atoms with E-state index >= 15 is 0 Å². The second-order valence-corrected chi connectivity index (χ2v) is 8.05. The molecule has 0 spiro atoms. The lowest BCUT2D eigenvalue weighted by Gasteiger charge is -2.06. The molecule has 1 amide bonds. The Balaban J connectivity index is 1.49. The van der Waals surface area contributed by atoms with Gasteiger partial charge in [-0.05, 0) is 18.2 Å². The number of nitrogens with zero attached hydrogens (tertiary/aromatic N) is 3. The maximum Gasteiger partial charge on any atom is 0.234 e. The van der Waals surface area contributed by atoms with Gasteiger partial charge in [-0.25, -0.2) is 0 Å². The number of aromatic nitrogens is 2. The Kier molecular flexibility index (Phi) is 5.60. The third kappa shape index (κ3) is 4.38. The quantitative estimate of drug-likeness (QED) is 0.816. The fourth-order valence-corrected chi connectivity index (χ4v) is 4.42. The summed E-state index contributed by atoms with van der Waals surface area (Å²) in [6.07, 6.45) is 1.74. The Morgan fingerprint density at radius 2 is 2.33 bits per heavy atom. The van der Waals surface area contributed by atoms with E-state index < -0.39 is 0 Å². The highest BCUT2D eigenvalue weighted by Gasteiger charge is 2.26. The van der Waals surface area contributed by atoms with E-state index in [4.69, 9.17) is 23.2 Å². The van der Waals surface area contributed by atoms with E-state index in [9.17, 15) is 4.79 Å². The van der Waals surface area contributed by atoms with Crippen molar-refractivity contribution < 1.29 is 4.79 Å². The minimum Gasteiger partial charge on any atom is -0.325 e. The molecular weight excluding hydrogens is 389 g/mol. The van der Waals surface area contributed by atoms with Gasteiger partial charge in [-0.3, -0.25) is 14.9 Å². The number of hydrogen-bond donors (Lipinski definition) is 2. The van der Waals surface area contributed by atoms with Crippen molar-refractivity contribution in [3.05, 3.63) is 46.2 Å². The maximum absolute atomic E-state index is 12.0. The van der Waals surface area contributed by atoms with Crippen molar-refractivity contribution in [1.82, 2.24) is 15.2 Å². The van der Waals surface area contributed by atoms with Crippen LogP contribution in [0.25, 0.3) is 0 Å². The molecule has 1 aromatic carbocycles. The first-order chi connectivity index (χ1) is 11.5. The molecule has 3 rings (SSSR count). The predicted molar refractivity (Wildman–Crippen MR) is 102 cm³/mol. The van der Waals surface area contributed by atoms with Crippen LogP contribution in [0, 0.1) is 0 Å². The van der Waals surface area contributed by atoms with Gasteiger partial charge in [-0.1, -0.05) is 52.8 Å². The van der Waals surface area contributed by atoms with Crippen LogP contribution in [-0.2, 0) is 11.8 Å². The van der Waals surface area contributed by atoms with E-state index in [1.54, 1.807) is 35.1 Å². The summed E-state index contributed by atoms with van der Waals surface area (Å²) in [4.78, 5) is 12.0. The first-order valence-corrected chi connectivity index (χ1v) is 9.50. The van der Waals surface area contributed by atoms with Gasteiger partial charge >= 0.3 is 0 Å². The number of anilines is 1. The molecule has 1 aliphatic rings. The van der Waals surface area contributed by atoms with Gasteiger partial charge in [0, 0.05) is 24.0 Å². The van der Waals surface area contributed by atoms with Crippen molar-refractivity contribution in [3.8, 4) is 0 Å². The van der Waals surface area contributed by atoms with Crippen molar-refractivity contribution in [2.45, 2.75) is 5.37 Å². The second kappa shape index (κ2) is 7.69. The number of aryl methyl sites for hydroxylation is 1. The fraction of sp³-hybridized carbons (Fsp3) is 0.214. The molecule has 0 radical (unpaired) electrons. The fourth-order valence-electron chi connectivity index (χ4n) is 1.99. The first kappa shape index (κ1) is 17.5. The Labute approximate surface area is 157 Å². The van der Waals surface area contributed by atoms with E-state index in [1.807, 2.05) is 7.05 Å².